The molecule has 9 heteroatoms. The van der Waals surface area contributed by atoms with Crippen molar-refractivity contribution in [2.45, 2.75) is 19.9 Å². The number of rotatable bonds is 8. The molecule has 0 aliphatic carbocycles. The molecule has 28 heavy (non-hydrogen) atoms. The first kappa shape index (κ1) is 21.7. The lowest BCUT2D eigenvalue weighted by Crippen LogP contribution is -2.38. The van der Waals surface area contributed by atoms with Gasteiger partial charge in [0.15, 0.2) is 11.7 Å². The summed E-state index contributed by atoms with van der Waals surface area (Å²) >= 11 is 0. The van der Waals surface area contributed by atoms with Crippen molar-refractivity contribution in [2.24, 2.45) is 4.99 Å². The average Bonchev–Trinajstić information content (AvgIpc) is 3.38. The molecule has 0 saturated heterocycles. The smallest absolute Gasteiger partial charge is 0.216 e. The van der Waals surface area contributed by atoms with E-state index in [1.54, 1.807) is 13.4 Å². The highest BCUT2D eigenvalue weighted by Crippen LogP contribution is 2.14. The molecule has 0 amide bonds. The van der Waals surface area contributed by atoms with Gasteiger partial charge in [0.05, 0.1) is 19.9 Å². The first-order chi connectivity index (χ1) is 13.3. The maximum Gasteiger partial charge on any atom is 0.216 e. The van der Waals surface area contributed by atoms with Crippen LogP contribution in [0.1, 0.15) is 18.3 Å². The molecule has 0 aliphatic heterocycles. The Morgan fingerprint density at radius 1 is 1.21 bits per heavy atom. The Morgan fingerprint density at radius 2 is 2.04 bits per heavy atom. The molecule has 3 aromatic rings. The predicted octanol–water partition coefficient (Wildman–Crippen LogP) is 2.99. The Kier molecular flexibility index (Phi) is 8.79. The topological polar surface area (TPSA) is 100 Å². The fourth-order valence-electron chi connectivity index (χ4n) is 2.47. The van der Waals surface area contributed by atoms with Gasteiger partial charge in [-0.25, -0.2) is 9.98 Å². The predicted molar refractivity (Wildman–Crippen MR) is 119 cm³/mol. The minimum Gasteiger partial charge on any atom is -0.497 e. The lowest BCUT2D eigenvalue weighted by molar-refractivity contribution is 0.414. The number of hydrogen-bond acceptors (Lipinski definition) is 5. The van der Waals surface area contributed by atoms with Gasteiger partial charge in [-0.1, -0.05) is 12.1 Å². The van der Waals surface area contributed by atoms with Gasteiger partial charge in [-0.3, -0.25) is 5.10 Å². The monoisotopic (exact) mass is 496 g/mol. The van der Waals surface area contributed by atoms with E-state index >= 15 is 0 Å². The Labute approximate surface area is 181 Å². The third kappa shape index (κ3) is 6.25. The minimum atomic E-state index is 0. The zero-order valence-corrected chi connectivity index (χ0v) is 18.3. The van der Waals surface area contributed by atoms with E-state index in [0.717, 1.165) is 29.6 Å². The van der Waals surface area contributed by atoms with E-state index in [4.69, 9.17) is 9.15 Å². The van der Waals surface area contributed by atoms with E-state index in [9.17, 15) is 0 Å². The largest absolute Gasteiger partial charge is 0.497 e. The number of furan rings is 1. The standard InChI is InChI=1S/C19H24N6O2.HI/c1-3-20-19(22-13-14-6-8-15(26-2)9-7-14)21-11-10-17-23-18(25-24-17)16-5-4-12-27-16;/h4-9,12H,3,10-11,13H2,1-2H3,(H2,20,21,22)(H,23,24,25);1H. The van der Waals surface area contributed by atoms with E-state index in [2.05, 4.69) is 30.8 Å². The van der Waals surface area contributed by atoms with Crippen molar-refractivity contribution in [1.82, 2.24) is 25.8 Å². The highest BCUT2D eigenvalue weighted by Gasteiger charge is 2.08. The number of ether oxygens (including phenoxy) is 1. The van der Waals surface area contributed by atoms with Gasteiger partial charge in [0.25, 0.3) is 0 Å². The number of guanidine groups is 1. The fraction of sp³-hybridized carbons (Fsp3) is 0.316. The number of aromatic nitrogens is 3. The van der Waals surface area contributed by atoms with Crippen LogP contribution in [-0.4, -0.2) is 41.3 Å². The first-order valence-corrected chi connectivity index (χ1v) is 8.88. The van der Waals surface area contributed by atoms with Crippen LogP contribution in [0.3, 0.4) is 0 Å². The van der Waals surface area contributed by atoms with Crippen molar-refractivity contribution >= 4 is 29.9 Å². The Morgan fingerprint density at radius 3 is 2.71 bits per heavy atom. The summed E-state index contributed by atoms with van der Waals surface area (Å²) < 4.78 is 10.5. The normalized spacial score (nSPS) is 11.0. The summed E-state index contributed by atoms with van der Waals surface area (Å²) in [6.07, 6.45) is 2.30. The van der Waals surface area contributed by atoms with Crippen LogP contribution in [0, 0.1) is 0 Å². The zero-order chi connectivity index (χ0) is 18.9. The van der Waals surface area contributed by atoms with Crippen molar-refractivity contribution in [3.8, 4) is 17.3 Å². The summed E-state index contributed by atoms with van der Waals surface area (Å²) in [7, 11) is 1.66. The van der Waals surface area contributed by atoms with Crippen molar-refractivity contribution in [3.05, 3.63) is 54.0 Å². The number of methoxy groups -OCH3 is 1. The van der Waals surface area contributed by atoms with Gasteiger partial charge >= 0.3 is 0 Å². The summed E-state index contributed by atoms with van der Waals surface area (Å²) in [4.78, 5) is 9.04. The van der Waals surface area contributed by atoms with Gasteiger partial charge in [0.2, 0.25) is 5.82 Å². The molecule has 8 nitrogen and oxygen atoms in total. The average molecular weight is 496 g/mol. The van der Waals surface area contributed by atoms with E-state index < -0.39 is 0 Å². The number of nitrogens with zero attached hydrogens (tertiary/aromatic N) is 3. The number of aromatic amines is 1. The van der Waals surface area contributed by atoms with Crippen LogP contribution in [-0.2, 0) is 13.0 Å². The molecule has 2 heterocycles. The molecule has 3 rings (SSSR count). The zero-order valence-electron chi connectivity index (χ0n) is 15.9. The third-order valence-corrected chi connectivity index (χ3v) is 3.85. The van der Waals surface area contributed by atoms with E-state index in [0.29, 0.717) is 31.1 Å². The van der Waals surface area contributed by atoms with Crippen molar-refractivity contribution in [3.63, 3.8) is 0 Å². The Bertz CT molecular complexity index is 846. The molecule has 150 valence electrons. The number of H-pyrrole nitrogens is 1. The molecule has 3 N–H and O–H groups in total. The molecule has 0 atom stereocenters. The molecule has 0 bridgehead atoms. The van der Waals surface area contributed by atoms with Crippen LogP contribution in [0.5, 0.6) is 5.75 Å². The summed E-state index contributed by atoms with van der Waals surface area (Å²) in [5.41, 5.74) is 1.12. The summed E-state index contributed by atoms with van der Waals surface area (Å²) in [5.74, 6) is 3.61. The highest BCUT2D eigenvalue weighted by molar-refractivity contribution is 14.0. The van der Waals surface area contributed by atoms with Crippen LogP contribution in [0.15, 0.2) is 52.1 Å². The highest BCUT2D eigenvalue weighted by atomic mass is 127. The minimum absolute atomic E-state index is 0. The lowest BCUT2D eigenvalue weighted by Gasteiger charge is -2.10. The van der Waals surface area contributed by atoms with Gasteiger partial charge < -0.3 is 19.8 Å². The summed E-state index contributed by atoms with van der Waals surface area (Å²) in [6.45, 7) is 4.10. The van der Waals surface area contributed by atoms with Gasteiger partial charge in [0, 0.05) is 19.5 Å². The fourth-order valence-corrected chi connectivity index (χ4v) is 2.47. The van der Waals surface area contributed by atoms with Crippen LogP contribution in [0.4, 0.5) is 0 Å². The Hall–Kier alpha value is -2.56. The molecule has 0 unspecified atom stereocenters. The van der Waals surface area contributed by atoms with Crippen molar-refractivity contribution in [2.75, 3.05) is 20.2 Å². The van der Waals surface area contributed by atoms with E-state index in [-0.39, 0.29) is 24.0 Å². The number of benzene rings is 1. The van der Waals surface area contributed by atoms with Crippen LogP contribution in [0.2, 0.25) is 0 Å². The van der Waals surface area contributed by atoms with Crippen LogP contribution >= 0.6 is 24.0 Å². The van der Waals surface area contributed by atoms with Gasteiger partial charge in [-0.2, -0.15) is 5.10 Å². The van der Waals surface area contributed by atoms with E-state index in [1.807, 2.05) is 43.3 Å². The maximum absolute atomic E-state index is 5.30. The molecule has 0 fully saturated rings. The number of aliphatic imine (C=N–C) groups is 1. The SMILES string of the molecule is CCNC(=NCc1ccc(OC)cc1)NCCc1nc(-c2ccco2)n[nH]1.I. The Balaban J connectivity index is 0.00000280. The molecular weight excluding hydrogens is 471 g/mol. The second-order valence-electron chi connectivity index (χ2n) is 5.80. The second-order valence-corrected chi connectivity index (χ2v) is 5.80. The number of nitrogens with one attached hydrogen (secondary N) is 3. The molecule has 2 aromatic heterocycles. The lowest BCUT2D eigenvalue weighted by atomic mass is 10.2. The summed E-state index contributed by atoms with van der Waals surface area (Å²) in [6, 6.07) is 11.5. The molecule has 0 aliphatic rings. The van der Waals surface area contributed by atoms with Gasteiger partial charge in [-0.05, 0) is 36.8 Å². The van der Waals surface area contributed by atoms with Crippen molar-refractivity contribution in [1.29, 1.82) is 0 Å². The number of halogens is 1. The first-order valence-electron chi connectivity index (χ1n) is 8.88. The van der Waals surface area contributed by atoms with Crippen LogP contribution in [0.25, 0.3) is 11.6 Å². The second kappa shape index (κ2) is 11.3. The van der Waals surface area contributed by atoms with Gasteiger partial charge in [-0.15, -0.1) is 24.0 Å². The van der Waals surface area contributed by atoms with Gasteiger partial charge in [0.1, 0.15) is 11.6 Å². The number of hydrogen-bond donors (Lipinski definition) is 3. The molecular formula is C19H25IN6O2. The van der Waals surface area contributed by atoms with E-state index in [1.165, 1.54) is 0 Å². The maximum atomic E-state index is 5.30. The van der Waals surface area contributed by atoms with Crippen LogP contribution < -0.4 is 15.4 Å². The molecule has 1 aromatic carbocycles. The third-order valence-electron chi connectivity index (χ3n) is 3.85. The molecule has 0 saturated carbocycles. The summed E-state index contributed by atoms with van der Waals surface area (Å²) in [5, 5.41) is 13.7. The molecule has 0 spiro atoms. The quantitative estimate of drug-likeness (QED) is 0.252. The van der Waals surface area contributed by atoms with Crippen molar-refractivity contribution < 1.29 is 9.15 Å². The molecule has 0 radical (unpaired) electrons.